The zero-order chi connectivity index (χ0) is 23.2. The molecule has 7 rings (SSSR count). The second-order valence-electron chi connectivity index (χ2n) is 8.89. The average molecular weight is 447 g/mol. The van der Waals surface area contributed by atoms with E-state index in [-0.39, 0.29) is 0 Å². The van der Waals surface area contributed by atoms with Crippen molar-refractivity contribution < 1.29 is 0 Å². The molecule has 164 valence electrons. The first-order valence-corrected chi connectivity index (χ1v) is 11.9. The van der Waals surface area contributed by atoms with Crippen LogP contribution in [0.15, 0.2) is 134 Å². The Hall–Kier alpha value is -4.69. The van der Waals surface area contributed by atoms with Gasteiger partial charge in [0.25, 0.3) is 0 Å². The summed E-state index contributed by atoms with van der Waals surface area (Å²) >= 11 is 0. The maximum atomic E-state index is 4.80. The van der Waals surface area contributed by atoms with E-state index in [9.17, 15) is 0 Å². The quantitative estimate of drug-likeness (QED) is 0.265. The van der Waals surface area contributed by atoms with Gasteiger partial charge in [-0.05, 0) is 58.1 Å². The summed E-state index contributed by atoms with van der Waals surface area (Å²) in [6.07, 6.45) is 2.01. The standard InChI is InChI=1S/C33H22N2/c1-2-10-23(11-3-1)24-12-8-13-25(20-24)26-14-9-15-27(21-26)33-28-16-4-6-18-30(28)35-31-19-7-5-17-29(31)34-22-32(33)35/h1-22H. The van der Waals surface area contributed by atoms with Crippen molar-refractivity contribution in [1.82, 2.24) is 9.38 Å². The Kier molecular flexibility index (Phi) is 4.49. The molecule has 0 N–H and O–H groups in total. The summed E-state index contributed by atoms with van der Waals surface area (Å²) in [5.74, 6) is 0. The molecule has 2 heterocycles. The molecule has 0 saturated carbocycles. The number of benzene rings is 5. The van der Waals surface area contributed by atoms with Crippen LogP contribution in [0.5, 0.6) is 0 Å². The normalized spacial score (nSPS) is 11.4. The van der Waals surface area contributed by atoms with Gasteiger partial charge in [-0.1, -0.05) is 97.1 Å². The molecule has 2 nitrogen and oxygen atoms in total. The molecule has 0 aliphatic rings. The van der Waals surface area contributed by atoms with Gasteiger partial charge in [0, 0.05) is 10.9 Å². The average Bonchev–Trinajstić information content (AvgIpc) is 3.29. The summed E-state index contributed by atoms with van der Waals surface area (Å²) in [6, 6.07) is 45.2. The smallest absolute Gasteiger partial charge is 0.0871 e. The van der Waals surface area contributed by atoms with Gasteiger partial charge < -0.3 is 4.40 Å². The van der Waals surface area contributed by atoms with Gasteiger partial charge in [0.15, 0.2) is 0 Å². The van der Waals surface area contributed by atoms with Gasteiger partial charge in [0.05, 0.1) is 28.3 Å². The fourth-order valence-corrected chi connectivity index (χ4v) is 5.20. The third-order valence-corrected chi connectivity index (χ3v) is 6.81. The van der Waals surface area contributed by atoms with Gasteiger partial charge in [0.1, 0.15) is 0 Å². The number of fused-ring (bicyclic) bond motifs is 5. The molecular formula is C33H22N2. The predicted octanol–water partition coefficient (Wildman–Crippen LogP) is 8.64. The molecule has 0 aliphatic carbocycles. The first-order valence-electron chi connectivity index (χ1n) is 11.9. The molecular weight excluding hydrogens is 424 g/mol. The lowest BCUT2D eigenvalue weighted by molar-refractivity contribution is 1.27. The molecule has 35 heavy (non-hydrogen) atoms. The van der Waals surface area contributed by atoms with Crippen molar-refractivity contribution in [3.8, 4) is 33.4 Å². The molecule has 0 bridgehead atoms. The lowest BCUT2D eigenvalue weighted by atomic mass is 9.95. The molecule has 0 aliphatic heterocycles. The van der Waals surface area contributed by atoms with Gasteiger partial charge in [-0.3, -0.25) is 4.98 Å². The number of para-hydroxylation sites is 3. The highest BCUT2D eigenvalue weighted by Crippen LogP contribution is 2.38. The molecule has 5 aromatic carbocycles. The zero-order valence-electron chi connectivity index (χ0n) is 19.1. The molecule has 0 saturated heterocycles. The fraction of sp³-hybridized carbons (Fsp3) is 0. The van der Waals surface area contributed by atoms with Crippen LogP contribution in [0.1, 0.15) is 0 Å². The molecule has 2 heteroatoms. The zero-order valence-corrected chi connectivity index (χ0v) is 19.1. The Labute approximate surface area is 203 Å². The molecule has 0 radical (unpaired) electrons. The van der Waals surface area contributed by atoms with Crippen molar-refractivity contribution in [2.24, 2.45) is 0 Å². The summed E-state index contributed by atoms with van der Waals surface area (Å²) in [6.45, 7) is 0. The van der Waals surface area contributed by atoms with Crippen LogP contribution < -0.4 is 0 Å². The maximum absolute atomic E-state index is 4.80. The Bertz CT molecular complexity index is 1840. The number of rotatable bonds is 3. The first kappa shape index (κ1) is 19.7. The van der Waals surface area contributed by atoms with Gasteiger partial charge in [-0.25, -0.2) is 0 Å². The van der Waals surface area contributed by atoms with Crippen molar-refractivity contribution in [3.05, 3.63) is 134 Å². The van der Waals surface area contributed by atoms with Crippen LogP contribution in [-0.2, 0) is 0 Å². The van der Waals surface area contributed by atoms with Crippen molar-refractivity contribution in [1.29, 1.82) is 0 Å². The lowest BCUT2D eigenvalue weighted by Crippen LogP contribution is -1.90. The summed E-state index contributed by atoms with van der Waals surface area (Å²) in [5, 5.41) is 1.24. The second kappa shape index (κ2) is 7.96. The molecule has 0 atom stereocenters. The van der Waals surface area contributed by atoms with Gasteiger partial charge in [-0.2, -0.15) is 0 Å². The van der Waals surface area contributed by atoms with Crippen molar-refractivity contribution >= 4 is 27.5 Å². The second-order valence-corrected chi connectivity index (χ2v) is 8.89. The predicted molar refractivity (Wildman–Crippen MR) is 147 cm³/mol. The molecule has 0 amide bonds. The molecule has 0 unspecified atom stereocenters. The maximum Gasteiger partial charge on any atom is 0.0871 e. The van der Waals surface area contributed by atoms with Crippen molar-refractivity contribution in [3.63, 3.8) is 0 Å². The molecule has 2 aromatic heterocycles. The lowest BCUT2D eigenvalue weighted by Gasteiger charge is -2.09. The minimum absolute atomic E-state index is 0.999. The minimum Gasteiger partial charge on any atom is -0.306 e. The van der Waals surface area contributed by atoms with Crippen LogP contribution in [0, 0.1) is 0 Å². The van der Waals surface area contributed by atoms with Crippen molar-refractivity contribution in [2.45, 2.75) is 0 Å². The van der Waals surface area contributed by atoms with E-state index < -0.39 is 0 Å². The van der Waals surface area contributed by atoms with Crippen LogP contribution >= 0.6 is 0 Å². The van der Waals surface area contributed by atoms with Gasteiger partial charge >= 0.3 is 0 Å². The fourth-order valence-electron chi connectivity index (χ4n) is 5.20. The van der Waals surface area contributed by atoms with E-state index in [0.717, 1.165) is 16.6 Å². The SMILES string of the molecule is c1ccc(-c2cccc(-c3cccc(-c4c5ccccc5n5c4cnc4ccccc45)c3)c2)cc1. The number of hydrogen-bond donors (Lipinski definition) is 0. The van der Waals surface area contributed by atoms with Gasteiger partial charge in [-0.15, -0.1) is 0 Å². The largest absolute Gasteiger partial charge is 0.306 e. The van der Waals surface area contributed by atoms with E-state index in [1.807, 2.05) is 12.3 Å². The van der Waals surface area contributed by atoms with E-state index in [2.05, 4.69) is 126 Å². The third-order valence-electron chi connectivity index (χ3n) is 6.81. The molecule has 0 fully saturated rings. The van der Waals surface area contributed by atoms with E-state index in [4.69, 9.17) is 4.98 Å². The highest BCUT2D eigenvalue weighted by atomic mass is 14.9. The van der Waals surface area contributed by atoms with E-state index in [1.165, 1.54) is 44.3 Å². The number of hydrogen-bond acceptors (Lipinski definition) is 1. The number of aromatic nitrogens is 2. The van der Waals surface area contributed by atoms with Crippen LogP contribution in [-0.4, -0.2) is 9.38 Å². The Morgan fingerprint density at radius 3 is 1.80 bits per heavy atom. The van der Waals surface area contributed by atoms with Crippen LogP contribution in [0.4, 0.5) is 0 Å². The molecule has 7 aromatic rings. The van der Waals surface area contributed by atoms with Crippen LogP contribution in [0.25, 0.3) is 60.8 Å². The van der Waals surface area contributed by atoms with E-state index in [1.54, 1.807) is 0 Å². The molecule has 0 spiro atoms. The summed E-state index contributed by atoms with van der Waals surface area (Å²) in [7, 11) is 0. The Balaban J connectivity index is 1.45. The summed E-state index contributed by atoms with van der Waals surface area (Å²) in [4.78, 5) is 4.80. The van der Waals surface area contributed by atoms with Crippen molar-refractivity contribution in [2.75, 3.05) is 0 Å². The van der Waals surface area contributed by atoms with Crippen LogP contribution in [0.2, 0.25) is 0 Å². The van der Waals surface area contributed by atoms with E-state index in [0.29, 0.717) is 0 Å². The number of nitrogens with zero attached hydrogens (tertiary/aromatic N) is 2. The topological polar surface area (TPSA) is 17.3 Å². The highest BCUT2D eigenvalue weighted by molar-refractivity contribution is 6.08. The highest BCUT2D eigenvalue weighted by Gasteiger charge is 2.16. The first-order chi connectivity index (χ1) is 17.4. The van der Waals surface area contributed by atoms with Gasteiger partial charge in [0.2, 0.25) is 0 Å². The minimum atomic E-state index is 0.999. The monoisotopic (exact) mass is 446 g/mol. The third kappa shape index (κ3) is 3.23. The summed E-state index contributed by atoms with van der Waals surface area (Å²) < 4.78 is 2.34. The Morgan fingerprint density at radius 2 is 1.00 bits per heavy atom. The summed E-state index contributed by atoms with van der Waals surface area (Å²) in [5.41, 5.74) is 11.7. The Morgan fingerprint density at radius 1 is 0.429 bits per heavy atom. The van der Waals surface area contributed by atoms with E-state index >= 15 is 0 Å². The van der Waals surface area contributed by atoms with Crippen LogP contribution in [0.3, 0.4) is 0 Å².